The maximum atomic E-state index is 13.8. The van der Waals surface area contributed by atoms with Gasteiger partial charge in [-0.15, -0.1) is 0 Å². The van der Waals surface area contributed by atoms with Crippen molar-refractivity contribution in [2.75, 3.05) is 27.3 Å². The lowest BCUT2D eigenvalue weighted by molar-refractivity contribution is -0.161. The Morgan fingerprint density at radius 3 is 2.47 bits per heavy atom. The molecule has 1 aliphatic heterocycles. The van der Waals surface area contributed by atoms with Crippen LogP contribution in [0, 0.1) is 18.3 Å². The number of aryl methyl sites for hydroxylation is 1. The molecule has 3 aromatic rings. The molecule has 1 amide bonds. The highest BCUT2D eigenvalue weighted by molar-refractivity contribution is 5.94. The zero-order valence-corrected chi connectivity index (χ0v) is 22.1. The Kier molecular flexibility index (Phi) is 5.90. The third-order valence-corrected chi connectivity index (χ3v) is 9.33. The second kappa shape index (κ2) is 9.16. The third kappa shape index (κ3) is 3.37. The number of hydrogen-bond acceptors (Lipinski definition) is 4. The van der Waals surface area contributed by atoms with Gasteiger partial charge < -0.3 is 14.4 Å². The standard InChI is InChI=1S/C33H33NO4/c1-22-12-15-24(16-13-22)32-19-18-27(25-9-5-6-10-26(25)32)33(31(36)38-3)21-34(20-29(32)33)30(35)17-14-23-8-4-7-11-28(23)37-2/h4-17,27,29H,18-21H2,1-3H3/b17-14+/t27-,29?,32+,33?/m0/s1. The summed E-state index contributed by atoms with van der Waals surface area (Å²) in [5.74, 6) is 0.338. The van der Waals surface area contributed by atoms with Crippen LogP contribution in [-0.4, -0.2) is 44.1 Å². The van der Waals surface area contributed by atoms with Crippen molar-refractivity contribution >= 4 is 18.0 Å². The number of likely N-dealkylation sites (tertiary alicyclic amines) is 1. The maximum absolute atomic E-state index is 13.8. The van der Waals surface area contributed by atoms with E-state index in [1.807, 2.05) is 29.2 Å². The average molecular weight is 508 g/mol. The number of rotatable bonds is 5. The van der Waals surface area contributed by atoms with E-state index in [1.165, 1.54) is 29.4 Å². The molecule has 0 aromatic heterocycles. The highest BCUT2D eigenvalue weighted by Crippen LogP contribution is 2.69. The summed E-state index contributed by atoms with van der Waals surface area (Å²) in [6, 6.07) is 24.9. The highest BCUT2D eigenvalue weighted by atomic mass is 16.5. The van der Waals surface area contributed by atoms with Crippen molar-refractivity contribution in [1.82, 2.24) is 4.90 Å². The normalized spacial score (nSPS) is 27.2. The Morgan fingerprint density at radius 2 is 1.71 bits per heavy atom. The zero-order chi connectivity index (χ0) is 26.5. The van der Waals surface area contributed by atoms with Gasteiger partial charge in [-0.1, -0.05) is 72.3 Å². The molecule has 2 unspecified atom stereocenters. The van der Waals surface area contributed by atoms with E-state index in [4.69, 9.17) is 9.47 Å². The fraction of sp³-hybridized carbons (Fsp3) is 0.333. The smallest absolute Gasteiger partial charge is 0.314 e. The molecule has 194 valence electrons. The van der Waals surface area contributed by atoms with Crippen molar-refractivity contribution in [2.24, 2.45) is 11.3 Å². The van der Waals surface area contributed by atoms with Gasteiger partial charge in [0, 0.05) is 42.0 Å². The fourth-order valence-corrected chi connectivity index (χ4v) is 7.72. The van der Waals surface area contributed by atoms with Crippen molar-refractivity contribution in [3.05, 3.63) is 107 Å². The van der Waals surface area contributed by atoms with Crippen molar-refractivity contribution in [2.45, 2.75) is 31.1 Å². The predicted octanol–water partition coefficient (Wildman–Crippen LogP) is 5.51. The first-order valence-corrected chi connectivity index (χ1v) is 13.3. The Balaban J connectivity index is 1.46. The van der Waals surface area contributed by atoms with E-state index in [-0.39, 0.29) is 29.1 Å². The second-order valence-electron chi connectivity index (χ2n) is 10.9. The summed E-state index contributed by atoms with van der Waals surface area (Å²) in [6.45, 7) is 2.95. The first-order chi connectivity index (χ1) is 18.5. The minimum absolute atomic E-state index is 0.0134. The van der Waals surface area contributed by atoms with Crippen molar-refractivity contribution in [3.63, 3.8) is 0 Å². The molecule has 3 aliphatic carbocycles. The number of carbonyl (C=O) groups excluding carboxylic acids is 2. The van der Waals surface area contributed by atoms with E-state index in [0.717, 1.165) is 18.4 Å². The Hall–Kier alpha value is -3.86. The molecule has 0 radical (unpaired) electrons. The molecule has 4 aliphatic rings. The summed E-state index contributed by atoms with van der Waals surface area (Å²) in [7, 11) is 3.10. The summed E-state index contributed by atoms with van der Waals surface area (Å²) < 4.78 is 11.0. The van der Waals surface area contributed by atoms with Crippen molar-refractivity contribution < 1.29 is 19.1 Å². The van der Waals surface area contributed by atoms with Crippen LogP contribution in [0.25, 0.3) is 6.08 Å². The first kappa shape index (κ1) is 24.5. The molecule has 0 N–H and O–H groups in total. The minimum Gasteiger partial charge on any atom is -0.496 e. The van der Waals surface area contributed by atoms with Crippen LogP contribution in [0.15, 0.2) is 78.9 Å². The number of ether oxygens (including phenoxy) is 2. The number of carbonyl (C=O) groups is 2. The topological polar surface area (TPSA) is 55.8 Å². The summed E-state index contributed by atoms with van der Waals surface area (Å²) in [6.07, 6.45) is 5.23. The van der Waals surface area contributed by atoms with E-state index < -0.39 is 5.41 Å². The van der Waals surface area contributed by atoms with Gasteiger partial charge in [0.15, 0.2) is 0 Å². The summed E-state index contributed by atoms with van der Waals surface area (Å²) in [5.41, 5.74) is 4.61. The van der Waals surface area contributed by atoms with E-state index in [0.29, 0.717) is 18.8 Å². The molecule has 3 aromatic carbocycles. The number of benzene rings is 3. The van der Waals surface area contributed by atoms with Gasteiger partial charge in [-0.3, -0.25) is 9.59 Å². The van der Waals surface area contributed by atoms with Crippen LogP contribution >= 0.6 is 0 Å². The average Bonchev–Trinajstić information content (AvgIpc) is 3.40. The number of hydrogen-bond donors (Lipinski definition) is 0. The number of nitrogens with zero attached hydrogens (tertiary/aromatic N) is 1. The van der Waals surface area contributed by atoms with Gasteiger partial charge in [0.25, 0.3) is 0 Å². The monoisotopic (exact) mass is 507 g/mol. The van der Waals surface area contributed by atoms with E-state index in [1.54, 1.807) is 19.3 Å². The number of esters is 1. The lowest BCUT2D eigenvalue weighted by atomic mass is 9.42. The maximum Gasteiger partial charge on any atom is 0.314 e. The van der Waals surface area contributed by atoms with Gasteiger partial charge in [-0.2, -0.15) is 0 Å². The molecular weight excluding hydrogens is 474 g/mol. The van der Waals surface area contributed by atoms with Gasteiger partial charge in [0.05, 0.1) is 19.6 Å². The molecular formula is C33H33NO4. The summed E-state index contributed by atoms with van der Waals surface area (Å²) in [4.78, 5) is 29.3. The fourth-order valence-electron chi connectivity index (χ4n) is 7.72. The second-order valence-corrected chi connectivity index (χ2v) is 10.9. The Labute approximate surface area is 224 Å². The van der Waals surface area contributed by atoms with Crippen molar-refractivity contribution in [1.29, 1.82) is 0 Å². The lowest BCUT2D eigenvalue weighted by Crippen LogP contribution is -2.60. The minimum atomic E-state index is -0.791. The van der Waals surface area contributed by atoms with E-state index in [2.05, 4.69) is 55.5 Å². The van der Waals surface area contributed by atoms with Crippen LogP contribution in [0.3, 0.4) is 0 Å². The lowest BCUT2D eigenvalue weighted by Gasteiger charge is -2.59. The SMILES string of the molecule is COC(=O)C12CN(C(=O)/C=C/c3ccccc3OC)CC1[C@@]1(c3ccc(C)cc3)CC[C@H]2c2ccccc21. The van der Waals surface area contributed by atoms with Crippen molar-refractivity contribution in [3.8, 4) is 5.75 Å². The molecule has 1 saturated heterocycles. The third-order valence-electron chi connectivity index (χ3n) is 9.33. The quantitative estimate of drug-likeness (QED) is 0.338. The number of fused-ring (bicyclic) bond motifs is 1. The molecule has 1 heterocycles. The van der Waals surface area contributed by atoms with Crippen LogP contribution in [0.2, 0.25) is 0 Å². The predicted molar refractivity (Wildman–Crippen MR) is 147 cm³/mol. The molecule has 1 saturated carbocycles. The summed E-state index contributed by atoms with van der Waals surface area (Å²) >= 11 is 0. The first-order valence-electron chi connectivity index (χ1n) is 13.3. The van der Waals surface area contributed by atoms with Crippen LogP contribution in [0.4, 0.5) is 0 Å². The van der Waals surface area contributed by atoms with Gasteiger partial charge in [-0.05, 0) is 48.6 Å². The molecule has 0 spiro atoms. The number of methoxy groups -OCH3 is 2. The van der Waals surface area contributed by atoms with E-state index in [9.17, 15) is 9.59 Å². The van der Waals surface area contributed by atoms with Crippen LogP contribution < -0.4 is 4.74 Å². The van der Waals surface area contributed by atoms with Crippen LogP contribution in [0.5, 0.6) is 5.75 Å². The van der Waals surface area contributed by atoms with Gasteiger partial charge in [-0.25, -0.2) is 0 Å². The van der Waals surface area contributed by atoms with Crippen LogP contribution in [0.1, 0.15) is 46.6 Å². The molecule has 38 heavy (non-hydrogen) atoms. The molecule has 4 atom stereocenters. The Morgan fingerprint density at radius 1 is 0.974 bits per heavy atom. The zero-order valence-electron chi connectivity index (χ0n) is 22.1. The van der Waals surface area contributed by atoms with E-state index >= 15 is 0 Å². The summed E-state index contributed by atoms with van der Waals surface area (Å²) in [5, 5.41) is 0. The van der Waals surface area contributed by atoms with Gasteiger partial charge >= 0.3 is 5.97 Å². The molecule has 7 rings (SSSR count). The molecule has 5 heteroatoms. The van der Waals surface area contributed by atoms with Gasteiger partial charge in [0.2, 0.25) is 5.91 Å². The molecule has 2 fully saturated rings. The van der Waals surface area contributed by atoms with Gasteiger partial charge in [0.1, 0.15) is 5.75 Å². The molecule has 2 bridgehead atoms. The largest absolute Gasteiger partial charge is 0.496 e. The number of amides is 1. The molecule has 5 nitrogen and oxygen atoms in total. The Bertz CT molecular complexity index is 1430. The highest BCUT2D eigenvalue weighted by Gasteiger charge is 2.71. The van der Waals surface area contributed by atoms with Crippen LogP contribution in [-0.2, 0) is 19.7 Å². The number of para-hydroxylation sites is 1.